The van der Waals surface area contributed by atoms with Gasteiger partial charge in [-0.3, -0.25) is 4.79 Å². The molecule has 25 heavy (non-hydrogen) atoms. The Morgan fingerprint density at radius 1 is 1.28 bits per heavy atom. The van der Waals surface area contributed by atoms with E-state index in [0.29, 0.717) is 25.1 Å². The molecule has 3 heterocycles. The van der Waals surface area contributed by atoms with Crippen molar-refractivity contribution in [3.63, 3.8) is 0 Å². The summed E-state index contributed by atoms with van der Waals surface area (Å²) in [4.78, 5) is 18.0. The Balaban J connectivity index is 1.62. The smallest absolute Gasteiger partial charge is 0.254 e. The van der Waals surface area contributed by atoms with Crippen molar-refractivity contribution in [3.05, 3.63) is 36.0 Å². The fourth-order valence-corrected chi connectivity index (χ4v) is 5.50. The van der Waals surface area contributed by atoms with Gasteiger partial charge < -0.3 is 14.6 Å². The SMILES string of the molecule is O=C(c1ccc2cc[nH]c2c1)N(CC1CCCO1)C1CCS(=O)(=O)C1. The highest BCUT2D eigenvalue weighted by atomic mass is 32.2. The van der Waals surface area contributed by atoms with Crippen molar-refractivity contribution in [3.8, 4) is 0 Å². The van der Waals surface area contributed by atoms with Gasteiger partial charge >= 0.3 is 0 Å². The molecule has 2 fully saturated rings. The third kappa shape index (κ3) is 3.43. The average molecular weight is 362 g/mol. The number of carbonyl (C=O) groups is 1. The van der Waals surface area contributed by atoms with E-state index in [0.717, 1.165) is 23.7 Å². The van der Waals surface area contributed by atoms with Crippen LogP contribution in [0.2, 0.25) is 0 Å². The van der Waals surface area contributed by atoms with Crippen LogP contribution in [0.15, 0.2) is 30.5 Å². The molecular formula is C18H22N2O4S. The van der Waals surface area contributed by atoms with Gasteiger partial charge in [-0.15, -0.1) is 0 Å². The molecule has 7 heteroatoms. The molecule has 1 N–H and O–H groups in total. The highest BCUT2D eigenvalue weighted by Crippen LogP contribution is 2.24. The molecule has 1 aromatic carbocycles. The quantitative estimate of drug-likeness (QED) is 0.902. The largest absolute Gasteiger partial charge is 0.376 e. The minimum absolute atomic E-state index is 0.00136. The number of ether oxygens (including phenoxy) is 1. The molecular weight excluding hydrogens is 340 g/mol. The van der Waals surface area contributed by atoms with E-state index >= 15 is 0 Å². The Hall–Kier alpha value is -1.86. The standard InChI is InChI=1S/C18H22N2O4S/c21-18(14-4-3-13-5-7-19-17(13)10-14)20(11-16-2-1-8-24-16)15-6-9-25(22,23)12-15/h3-5,7,10,15-16,19H,1-2,6,8-9,11-12H2. The number of benzene rings is 1. The van der Waals surface area contributed by atoms with Gasteiger partial charge in [0.05, 0.1) is 17.6 Å². The molecule has 0 radical (unpaired) electrons. The summed E-state index contributed by atoms with van der Waals surface area (Å²) in [7, 11) is -3.06. The molecule has 2 saturated heterocycles. The van der Waals surface area contributed by atoms with Crippen LogP contribution in [-0.4, -0.2) is 61.0 Å². The van der Waals surface area contributed by atoms with Crippen molar-refractivity contribution in [2.45, 2.75) is 31.4 Å². The molecule has 0 saturated carbocycles. The number of nitrogens with one attached hydrogen (secondary N) is 1. The van der Waals surface area contributed by atoms with Gasteiger partial charge in [0, 0.05) is 36.5 Å². The van der Waals surface area contributed by atoms with Gasteiger partial charge in [0.2, 0.25) is 0 Å². The van der Waals surface area contributed by atoms with Crippen LogP contribution in [-0.2, 0) is 14.6 Å². The number of nitrogens with zero attached hydrogens (tertiary/aromatic N) is 1. The van der Waals surface area contributed by atoms with Gasteiger partial charge in [0.15, 0.2) is 9.84 Å². The van der Waals surface area contributed by atoms with Crippen molar-refractivity contribution >= 4 is 26.6 Å². The predicted molar refractivity (Wildman–Crippen MR) is 95.4 cm³/mol. The number of sulfone groups is 1. The molecule has 4 rings (SSSR count). The molecule has 134 valence electrons. The summed E-state index contributed by atoms with van der Waals surface area (Å²) in [6, 6.07) is 7.25. The van der Waals surface area contributed by atoms with E-state index in [2.05, 4.69) is 4.98 Å². The molecule has 2 unspecified atom stereocenters. The lowest BCUT2D eigenvalue weighted by Gasteiger charge is -2.30. The normalized spacial score (nSPS) is 25.4. The lowest BCUT2D eigenvalue weighted by molar-refractivity contribution is 0.0441. The Morgan fingerprint density at radius 2 is 2.16 bits per heavy atom. The van der Waals surface area contributed by atoms with Crippen molar-refractivity contribution < 1.29 is 17.9 Å². The van der Waals surface area contributed by atoms with Crippen molar-refractivity contribution in [1.29, 1.82) is 0 Å². The predicted octanol–water partition coefficient (Wildman–Crippen LogP) is 1.98. The first-order valence-corrected chi connectivity index (χ1v) is 10.5. The van der Waals surface area contributed by atoms with Crippen molar-refractivity contribution in [2.24, 2.45) is 0 Å². The monoisotopic (exact) mass is 362 g/mol. The van der Waals surface area contributed by atoms with Crippen LogP contribution >= 0.6 is 0 Å². The summed E-state index contributed by atoms with van der Waals surface area (Å²) in [6.07, 6.45) is 4.25. The Labute approximate surface area is 147 Å². The first-order chi connectivity index (χ1) is 12.0. The fraction of sp³-hybridized carbons (Fsp3) is 0.500. The van der Waals surface area contributed by atoms with Crippen LogP contribution in [0.4, 0.5) is 0 Å². The second-order valence-corrected chi connectivity index (χ2v) is 9.16. The minimum atomic E-state index is -3.06. The number of H-pyrrole nitrogens is 1. The van der Waals surface area contributed by atoms with Crippen LogP contribution in [0.1, 0.15) is 29.6 Å². The van der Waals surface area contributed by atoms with Gasteiger partial charge in [-0.05, 0) is 42.8 Å². The maximum Gasteiger partial charge on any atom is 0.254 e. The van der Waals surface area contributed by atoms with E-state index in [4.69, 9.17) is 4.74 Å². The maximum absolute atomic E-state index is 13.2. The van der Waals surface area contributed by atoms with Crippen LogP contribution in [0, 0.1) is 0 Å². The highest BCUT2D eigenvalue weighted by Gasteiger charge is 2.36. The zero-order valence-electron chi connectivity index (χ0n) is 14.0. The highest BCUT2D eigenvalue weighted by molar-refractivity contribution is 7.91. The first kappa shape index (κ1) is 16.6. The van der Waals surface area contributed by atoms with E-state index < -0.39 is 9.84 Å². The number of hydrogen-bond donors (Lipinski definition) is 1. The van der Waals surface area contributed by atoms with Gasteiger partial charge in [-0.2, -0.15) is 0 Å². The van der Waals surface area contributed by atoms with Crippen molar-refractivity contribution in [1.82, 2.24) is 9.88 Å². The van der Waals surface area contributed by atoms with Gasteiger partial charge in [-0.25, -0.2) is 8.42 Å². The van der Waals surface area contributed by atoms with Gasteiger partial charge in [0.25, 0.3) is 5.91 Å². The van der Waals surface area contributed by atoms with E-state index in [1.165, 1.54) is 0 Å². The van der Waals surface area contributed by atoms with Crippen LogP contribution in [0.3, 0.4) is 0 Å². The number of aromatic amines is 1. The molecule has 0 spiro atoms. The summed E-state index contributed by atoms with van der Waals surface area (Å²) in [6.45, 7) is 1.17. The molecule has 2 atom stereocenters. The average Bonchev–Trinajstić information content (AvgIpc) is 3.31. The molecule has 1 amide bonds. The van der Waals surface area contributed by atoms with Crippen LogP contribution in [0.5, 0.6) is 0 Å². The van der Waals surface area contributed by atoms with Crippen LogP contribution < -0.4 is 0 Å². The number of rotatable bonds is 4. The zero-order chi connectivity index (χ0) is 17.4. The molecule has 2 aromatic rings. The topological polar surface area (TPSA) is 79.5 Å². The Kier molecular flexibility index (Phi) is 4.29. The van der Waals surface area contributed by atoms with E-state index in [-0.39, 0.29) is 29.6 Å². The van der Waals surface area contributed by atoms with Gasteiger partial charge in [0.1, 0.15) is 0 Å². The third-order valence-corrected chi connectivity index (χ3v) is 6.89. The molecule has 6 nitrogen and oxygen atoms in total. The van der Waals surface area contributed by atoms with Gasteiger partial charge in [-0.1, -0.05) is 6.07 Å². The van der Waals surface area contributed by atoms with Crippen molar-refractivity contribution in [2.75, 3.05) is 24.7 Å². The van der Waals surface area contributed by atoms with E-state index in [1.807, 2.05) is 30.5 Å². The lowest BCUT2D eigenvalue weighted by Crippen LogP contribution is -2.45. The minimum Gasteiger partial charge on any atom is -0.376 e. The molecule has 2 aliphatic rings. The molecule has 0 aliphatic carbocycles. The number of aromatic nitrogens is 1. The zero-order valence-corrected chi connectivity index (χ0v) is 14.8. The second-order valence-electron chi connectivity index (χ2n) is 6.93. The maximum atomic E-state index is 13.2. The molecule has 2 aliphatic heterocycles. The Bertz CT molecular complexity index is 883. The first-order valence-electron chi connectivity index (χ1n) is 8.72. The van der Waals surface area contributed by atoms with E-state index in [9.17, 15) is 13.2 Å². The number of hydrogen-bond acceptors (Lipinski definition) is 4. The summed E-state index contributed by atoms with van der Waals surface area (Å²) < 4.78 is 29.5. The molecule has 1 aromatic heterocycles. The summed E-state index contributed by atoms with van der Waals surface area (Å²) in [5.41, 5.74) is 1.49. The lowest BCUT2D eigenvalue weighted by atomic mass is 10.1. The number of fused-ring (bicyclic) bond motifs is 1. The fourth-order valence-electron chi connectivity index (χ4n) is 3.77. The molecule has 0 bridgehead atoms. The third-order valence-electron chi connectivity index (χ3n) is 5.14. The second kappa shape index (κ2) is 6.46. The van der Waals surface area contributed by atoms with E-state index in [1.54, 1.807) is 4.90 Å². The summed E-state index contributed by atoms with van der Waals surface area (Å²) in [5, 5.41) is 1.05. The number of amides is 1. The van der Waals surface area contributed by atoms with Crippen LogP contribution in [0.25, 0.3) is 10.9 Å². The number of carbonyl (C=O) groups excluding carboxylic acids is 1. The Morgan fingerprint density at radius 3 is 2.88 bits per heavy atom. The summed E-state index contributed by atoms with van der Waals surface area (Å²) in [5.74, 6) is 0.0906. The summed E-state index contributed by atoms with van der Waals surface area (Å²) >= 11 is 0.